The highest BCUT2D eigenvalue weighted by Gasteiger charge is 2.43. The topological polar surface area (TPSA) is 113 Å². The SMILES string of the molecule is Cc1c(C#N)ccc2c1[C@@H]1CCCN(C(=O)c3ccc4c(c3)N=CC4)[C@@H]1C2.Cc1c(C#N)ccc2c1[C@H]1CCCN(C(=O)c3ccc4c(c3)N=CC4)[C@H]1C2. The van der Waals surface area contributed by atoms with E-state index in [2.05, 4.69) is 57.9 Å². The molecule has 0 bridgehead atoms. The fraction of sp³-hybridized carbons (Fsp3) is 0.348. The maximum absolute atomic E-state index is 13.3. The summed E-state index contributed by atoms with van der Waals surface area (Å²) in [6, 6.07) is 24.9. The zero-order valence-electron chi connectivity index (χ0n) is 30.8. The van der Waals surface area contributed by atoms with E-state index in [0.29, 0.717) is 11.8 Å². The van der Waals surface area contributed by atoms with Gasteiger partial charge in [-0.25, -0.2) is 0 Å². The Morgan fingerprint density at radius 2 is 1.06 bits per heavy atom. The number of hydrogen-bond donors (Lipinski definition) is 0. The summed E-state index contributed by atoms with van der Waals surface area (Å²) < 4.78 is 0. The van der Waals surface area contributed by atoms with E-state index in [1.807, 2.05) is 61.0 Å². The van der Waals surface area contributed by atoms with Crippen LogP contribution in [-0.2, 0) is 25.7 Å². The smallest absolute Gasteiger partial charge is 0.254 e. The molecule has 0 radical (unpaired) electrons. The Balaban J connectivity index is 0.000000142. The molecule has 0 N–H and O–H groups in total. The van der Waals surface area contributed by atoms with Crippen molar-refractivity contribution < 1.29 is 9.59 Å². The van der Waals surface area contributed by atoms with Crippen molar-refractivity contribution in [2.75, 3.05) is 13.1 Å². The Hall–Kier alpha value is -5.86. The molecule has 6 aliphatic rings. The monoisotopic (exact) mass is 710 g/mol. The second-order valence-electron chi connectivity index (χ2n) is 15.6. The van der Waals surface area contributed by atoms with Crippen molar-refractivity contribution in [3.05, 3.63) is 127 Å². The normalized spacial score (nSPS) is 22.1. The molecule has 2 amide bonds. The average molecular weight is 711 g/mol. The molecule has 4 heterocycles. The Morgan fingerprint density at radius 3 is 1.48 bits per heavy atom. The predicted molar refractivity (Wildman–Crippen MR) is 209 cm³/mol. The number of nitriles is 2. The first-order chi connectivity index (χ1) is 26.3. The number of aliphatic imine (C=N–C) groups is 2. The standard InChI is InChI=1S/2C23H21N3O/c2*1-14-18(13-24)7-5-16-12-21-19(22(14)16)3-2-10-26(21)23(27)17-6-4-15-8-9-25-20(15)11-17/h2*4-7,9,11,19,21H,2-3,8,10,12H2,1H3/t2*19-,21-/m10/s1. The van der Waals surface area contributed by atoms with E-state index in [4.69, 9.17) is 0 Å². The minimum Gasteiger partial charge on any atom is -0.335 e. The molecule has 10 rings (SSSR count). The van der Waals surface area contributed by atoms with Gasteiger partial charge in [0.15, 0.2) is 0 Å². The number of fused-ring (bicyclic) bond motifs is 8. The van der Waals surface area contributed by atoms with Crippen LogP contribution in [0.3, 0.4) is 0 Å². The van der Waals surface area contributed by atoms with Gasteiger partial charge in [-0.2, -0.15) is 10.5 Å². The van der Waals surface area contributed by atoms with Gasteiger partial charge in [0.05, 0.1) is 34.6 Å². The first-order valence-electron chi connectivity index (χ1n) is 19.3. The molecule has 4 aliphatic heterocycles. The molecule has 8 heteroatoms. The first-order valence-corrected chi connectivity index (χ1v) is 19.3. The molecule has 0 unspecified atom stereocenters. The van der Waals surface area contributed by atoms with Crippen LogP contribution in [0.4, 0.5) is 11.4 Å². The molecule has 4 aromatic carbocycles. The molecule has 2 saturated heterocycles. The molecule has 0 aromatic heterocycles. The Labute approximate surface area is 316 Å². The van der Waals surface area contributed by atoms with Gasteiger partial charge in [-0.3, -0.25) is 19.6 Å². The van der Waals surface area contributed by atoms with Crippen molar-refractivity contribution in [1.82, 2.24) is 9.80 Å². The quantitative estimate of drug-likeness (QED) is 0.209. The summed E-state index contributed by atoms with van der Waals surface area (Å²) in [6.45, 7) is 5.72. The lowest BCUT2D eigenvalue weighted by Gasteiger charge is -2.38. The third kappa shape index (κ3) is 5.55. The van der Waals surface area contributed by atoms with Crippen molar-refractivity contribution >= 4 is 35.6 Å². The Kier molecular flexibility index (Phi) is 8.50. The maximum atomic E-state index is 13.3. The van der Waals surface area contributed by atoms with Gasteiger partial charge in [-0.1, -0.05) is 24.3 Å². The average Bonchev–Trinajstić information content (AvgIpc) is 4.01. The highest BCUT2D eigenvalue weighted by molar-refractivity contribution is 5.97. The third-order valence-electron chi connectivity index (χ3n) is 12.9. The highest BCUT2D eigenvalue weighted by atomic mass is 16.2. The minimum absolute atomic E-state index is 0.112. The van der Waals surface area contributed by atoms with Crippen LogP contribution in [0, 0.1) is 36.5 Å². The van der Waals surface area contributed by atoms with Crippen LogP contribution in [0.5, 0.6) is 0 Å². The van der Waals surface area contributed by atoms with Crippen LogP contribution < -0.4 is 0 Å². The lowest BCUT2D eigenvalue weighted by atomic mass is 9.85. The van der Waals surface area contributed by atoms with Gasteiger partial charge in [0, 0.05) is 73.4 Å². The van der Waals surface area contributed by atoms with Crippen molar-refractivity contribution in [2.45, 2.75) is 89.1 Å². The van der Waals surface area contributed by atoms with E-state index in [0.717, 1.165) is 109 Å². The zero-order chi connectivity index (χ0) is 37.1. The predicted octanol–water partition coefficient (Wildman–Crippen LogP) is 8.14. The van der Waals surface area contributed by atoms with Crippen LogP contribution in [0.25, 0.3) is 0 Å². The van der Waals surface area contributed by atoms with Gasteiger partial charge in [-0.05, 0) is 133 Å². The molecule has 4 atom stereocenters. The molecule has 2 aliphatic carbocycles. The summed E-state index contributed by atoms with van der Waals surface area (Å²) in [4.78, 5) is 39.6. The minimum atomic E-state index is 0.112. The third-order valence-corrected chi connectivity index (χ3v) is 12.9. The second kappa shape index (κ2) is 13.5. The number of hydrogen-bond acceptors (Lipinski definition) is 6. The number of carbonyl (C=O) groups is 2. The molecular formula is C46H42N6O2. The fourth-order valence-corrected chi connectivity index (χ4v) is 10.2. The Morgan fingerprint density at radius 1 is 0.630 bits per heavy atom. The number of carbonyl (C=O) groups excluding carboxylic acids is 2. The second-order valence-corrected chi connectivity index (χ2v) is 15.6. The van der Waals surface area contributed by atoms with E-state index in [1.165, 1.54) is 33.4 Å². The van der Waals surface area contributed by atoms with Gasteiger partial charge in [0.2, 0.25) is 0 Å². The maximum Gasteiger partial charge on any atom is 0.254 e. The summed E-state index contributed by atoms with van der Waals surface area (Å²) >= 11 is 0. The fourth-order valence-electron chi connectivity index (χ4n) is 10.2. The number of rotatable bonds is 2. The van der Waals surface area contributed by atoms with Crippen LogP contribution in [0.2, 0.25) is 0 Å². The van der Waals surface area contributed by atoms with Crippen LogP contribution in [-0.4, -0.2) is 59.2 Å². The molecule has 4 aromatic rings. The lowest BCUT2D eigenvalue weighted by molar-refractivity contribution is 0.0588. The summed E-state index contributed by atoms with van der Waals surface area (Å²) in [6.07, 6.45) is 11.5. The van der Waals surface area contributed by atoms with Gasteiger partial charge in [0.25, 0.3) is 11.8 Å². The van der Waals surface area contributed by atoms with E-state index in [9.17, 15) is 20.1 Å². The van der Waals surface area contributed by atoms with Gasteiger partial charge in [-0.15, -0.1) is 0 Å². The van der Waals surface area contributed by atoms with Gasteiger partial charge in [0.1, 0.15) is 0 Å². The number of amides is 2. The van der Waals surface area contributed by atoms with Crippen molar-refractivity contribution in [1.29, 1.82) is 10.5 Å². The molecule has 268 valence electrons. The molecule has 0 saturated carbocycles. The summed E-state index contributed by atoms with van der Waals surface area (Å²) in [7, 11) is 0. The summed E-state index contributed by atoms with van der Waals surface area (Å²) in [5.74, 6) is 0.915. The first kappa shape index (κ1) is 33.9. The zero-order valence-corrected chi connectivity index (χ0v) is 30.8. The van der Waals surface area contributed by atoms with Crippen LogP contribution in [0.15, 0.2) is 70.6 Å². The Bertz CT molecular complexity index is 2230. The van der Waals surface area contributed by atoms with Crippen molar-refractivity contribution in [2.24, 2.45) is 9.98 Å². The number of piperidine rings is 2. The van der Waals surface area contributed by atoms with E-state index >= 15 is 0 Å². The van der Waals surface area contributed by atoms with E-state index < -0.39 is 0 Å². The van der Waals surface area contributed by atoms with E-state index in [1.54, 1.807) is 0 Å². The van der Waals surface area contributed by atoms with Gasteiger partial charge >= 0.3 is 0 Å². The number of likely N-dealkylation sites (tertiary alicyclic amines) is 2. The van der Waals surface area contributed by atoms with Crippen LogP contribution >= 0.6 is 0 Å². The summed E-state index contributed by atoms with van der Waals surface area (Å²) in [5.41, 5.74) is 14.7. The number of nitrogens with zero attached hydrogens (tertiary/aromatic N) is 6. The molecular weight excluding hydrogens is 669 g/mol. The number of benzene rings is 4. The lowest BCUT2D eigenvalue weighted by Crippen LogP contribution is -2.46. The van der Waals surface area contributed by atoms with Gasteiger partial charge < -0.3 is 9.80 Å². The molecule has 2 fully saturated rings. The van der Waals surface area contributed by atoms with E-state index in [-0.39, 0.29) is 23.9 Å². The largest absolute Gasteiger partial charge is 0.335 e. The van der Waals surface area contributed by atoms with Crippen molar-refractivity contribution in [3.63, 3.8) is 0 Å². The van der Waals surface area contributed by atoms with Crippen molar-refractivity contribution in [3.8, 4) is 12.1 Å². The molecule has 54 heavy (non-hydrogen) atoms. The highest BCUT2D eigenvalue weighted by Crippen LogP contribution is 2.46. The molecule has 8 nitrogen and oxygen atoms in total. The molecule has 0 spiro atoms. The summed E-state index contributed by atoms with van der Waals surface area (Å²) in [5, 5.41) is 18.8. The van der Waals surface area contributed by atoms with Crippen LogP contribution in [0.1, 0.15) is 114 Å².